The molecule has 104 valence electrons. The van der Waals surface area contributed by atoms with Crippen molar-refractivity contribution in [2.24, 2.45) is 0 Å². The molecular weight excluding hydrogens is 304 g/mol. The van der Waals surface area contributed by atoms with Gasteiger partial charge in [0.25, 0.3) is 0 Å². The van der Waals surface area contributed by atoms with Gasteiger partial charge in [0.15, 0.2) is 0 Å². The smallest absolute Gasteiger partial charge is 0.0826 e. The normalized spacial score (nSPS) is 24.6. The molecular formula is C15H21BrN2O. The average Bonchev–Trinajstić information content (AvgIpc) is 3.26. The van der Waals surface area contributed by atoms with Crippen LogP contribution in [0.5, 0.6) is 0 Å². The molecule has 1 atom stereocenters. The van der Waals surface area contributed by atoms with Crippen LogP contribution in [-0.4, -0.2) is 43.3 Å². The fourth-order valence-corrected chi connectivity index (χ4v) is 2.88. The number of hydrogen-bond acceptors (Lipinski definition) is 3. The van der Waals surface area contributed by atoms with E-state index in [0.29, 0.717) is 6.10 Å². The third-order valence-electron chi connectivity index (χ3n) is 3.85. The predicted molar refractivity (Wildman–Crippen MR) is 80.2 cm³/mol. The van der Waals surface area contributed by atoms with Gasteiger partial charge in [-0.2, -0.15) is 0 Å². The van der Waals surface area contributed by atoms with Crippen LogP contribution in [0, 0.1) is 0 Å². The summed E-state index contributed by atoms with van der Waals surface area (Å²) < 4.78 is 6.96. The molecule has 1 unspecified atom stereocenters. The van der Waals surface area contributed by atoms with Crippen LogP contribution in [0.25, 0.3) is 0 Å². The topological polar surface area (TPSA) is 24.5 Å². The summed E-state index contributed by atoms with van der Waals surface area (Å²) in [7, 11) is 0. The van der Waals surface area contributed by atoms with E-state index in [1.54, 1.807) is 0 Å². The lowest BCUT2D eigenvalue weighted by Crippen LogP contribution is -2.47. The van der Waals surface area contributed by atoms with E-state index in [4.69, 9.17) is 4.74 Å². The first-order chi connectivity index (χ1) is 9.31. The highest BCUT2D eigenvalue weighted by Crippen LogP contribution is 2.28. The first-order valence-electron chi connectivity index (χ1n) is 7.12. The molecule has 2 fully saturated rings. The number of morpholine rings is 1. The lowest BCUT2D eigenvalue weighted by molar-refractivity contribution is -0.0301. The summed E-state index contributed by atoms with van der Waals surface area (Å²) >= 11 is 3.46. The molecule has 1 aliphatic heterocycles. The largest absolute Gasteiger partial charge is 0.374 e. The highest BCUT2D eigenvalue weighted by atomic mass is 79.9. The monoisotopic (exact) mass is 324 g/mol. The van der Waals surface area contributed by atoms with E-state index in [2.05, 4.69) is 50.4 Å². The van der Waals surface area contributed by atoms with Crippen LogP contribution >= 0.6 is 15.9 Å². The lowest BCUT2D eigenvalue weighted by atomic mass is 10.2. The van der Waals surface area contributed by atoms with Crippen LogP contribution in [0.15, 0.2) is 28.7 Å². The van der Waals surface area contributed by atoms with Gasteiger partial charge in [0.2, 0.25) is 0 Å². The number of nitrogens with one attached hydrogen (secondary N) is 1. The van der Waals surface area contributed by atoms with E-state index in [9.17, 15) is 0 Å². The number of rotatable bonds is 5. The van der Waals surface area contributed by atoms with Gasteiger partial charge in [-0.3, -0.25) is 4.90 Å². The summed E-state index contributed by atoms with van der Waals surface area (Å²) in [6.07, 6.45) is 3.13. The predicted octanol–water partition coefficient (Wildman–Crippen LogP) is 2.40. The number of hydrogen-bond donors (Lipinski definition) is 1. The highest BCUT2D eigenvalue weighted by molar-refractivity contribution is 9.10. The van der Waals surface area contributed by atoms with Crippen molar-refractivity contribution in [2.45, 2.75) is 31.5 Å². The van der Waals surface area contributed by atoms with Crippen LogP contribution in [0.2, 0.25) is 0 Å². The Morgan fingerprint density at radius 3 is 2.79 bits per heavy atom. The maximum atomic E-state index is 5.83. The van der Waals surface area contributed by atoms with Crippen molar-refractivity contribution < 1.29 is 4.74 Å². The van der Waals surface area contributed by atoms with E-state index in [1.807, 2.05) is 0 Å². The van der Waals surface area contributed by atoms with Crippen molar-refractivity contribution in [1.29, 1.82) is 0 Å². The average molecular weight is 325 g/mol. The Labute approximate surface area is 123 Å². The van der Waals surface area contributed by atoms with Crippen LogP contribution < -0.4 is 5.32 Å². The number of ether oxygens (including phenoxy) is 1. The second-order valence-electron chi connectivity index (χ2n) is 5.48. The molecule has 3 rings (SSSR count). The maximum absolute atomic E-state index is 5.83. The van der Waals surface area contributed by atoms with Gasteiger partial charge in [0, 0.05) is 36.7 Å². The molecule has 19 heavy (non-hydrogen) atoms. The Balaban J connectivity index is 1.40. The third kappa shape index (κ3) is 4.02. The first-order valence-corrected chi connectivity index (χ1v) is 7.91. The molecule has 1 aliphatic carbocycles. The van der Waals surface area contributed by atoms with E-state index < -0.39 is 0 Å². The molecule has 1 saturated carbocycles. The number of benzene rings is 1. The Kier molecular flexibility index (Phi) is 4.53. The Hall–Kier alpha value is -0.420. The summed E-state index contributed by atoms with van der Waals surface area (Å²) in [5.74, 6) is 0. The van der Waals surface area contributed by atoms with Gasteiger partial charge < -0.3 is 10.1 Å². The fourth-order valence-electron chi connectivity index (χ4n) is 2.62. The zero-order valence-corrected chi connectivity index (χ0v) is 12.7. The molecule has 0 aromatic heterocycles. The summed E-state index contributed by atoms with van der Waals surface area (Å²) in [5.41, 5.74) is 1.32. The summed E-state index contributed by atoms with van der Waals surface area (Å²) in [6, 6.07) is 9.33. The molecule has 0 spiro atoms. The molecule has 4 heteroatoms. The van der Waals surface area contributed by atoms with Gasteiger partial charge in [0.1, 0.15) is 0 Å². The van der Waals surface area contributed by atoms with Crippen LogP contribution in [0.3, 0.4) is 0 Å². The van der Waals surface area contributed by atoms with Gasteiger partial charge >= 0.3 is 0 Å². The van der Waals surface area contributed by atoms with Crippen LogP contribution in [0.1, 0.15) is 18.4 Å². The standard InChI is InChI=1S/C15H21BrN2O/c16-13-3-1-12(2-4-13)9-17-10-15-11-18(7-8-19-15)14-5-6-14/h1-4,14-15,17H,5-11H2. The number of nitrogens with zero attached hydrogens (tertiary/aromatic N) is 1. The van der Waals surface area contributed by atoms with E-state index in [1.165, 1.54) is 18.4 Å². The SMILES string of the molecule is Brc1ccc(CNCC2CN(C3CC3)CCO2)cc1. The summed E-state index contributed by atoms with van der Waals surface area (Å²) in [4.78, 5) is 2.59. The zero-order chi connectivity index (χ0) is 13.1. The van der Waals surface area contributed by atoms with Gasteiger partial charge in [0.05, 0.1) is 12.7 Å². The Bertz CT molecular complexity index is 405. The van der Waals surface area contributed by atoms with Gasteiger partial charge in [-0.15, -0.1) is 0 Å². The van der Waals surface area contributed by atoms with Crippen molar-refractivity contribution in [1.82, 2.24) is 10.2 Å². The molecule has 1 aromatic carbocycles. The molecule has 2 aliphatic rings. The van der Waals surface area contributed by atoms with E-state index in [-0.39, 0.29) is 0 Å². The molecule has 1 aromatic rings. The number of halogens is 1. The van der Waals surface area contributed by atoms with Crippen LogP contribution in [-0.2, 0) is 11.3 Å². The third-order valence-corrected chi connectivity index (χ3v) is 4.38. The highest BCUT2D eigenvalue weighted by Gasteiger charge is 2.32. The molecule has 0 bridgehead atoms. The van der Waals surface area contributed by atoms with Crippen molar-refractivity contribution in [3.63, 3.8) is 0 Å². The van der Waals surface area contributed by atoms with Gasteiger partial charge in [-0.25, -0.2) is 0 Å². The summed E-state index contributed by atoms with van der Waals surface area (Å²) in [6.45, 7) is 4.96. The second-order valence-corrected chi connectivity index (χ2v) is 6.39. The van der Waals surface area contributed by atoms with E-state index in [0.717, 1.165) is 43.3 Å². The Morgan fingerprint density at radius 1 is 1.26 bits per heavy atom. The molecule has 3 nitrogen and oxygen atoms in total. The second kappa shape index (κ2) is 6.35. The van der Waals surface area contributed by atoms with Crippen molar-refractivity contribution >= 4 is 15.9 Å². The molecule has 0 radical (unpaired) electrons. The first kappa shape index (κ1) is 13.6. The molecule has 1 N–H and O–H groups in total. The van der Waals surface area contributed by atoms with E-state index >= 15 is 0 Å². The Morgan fingerprint density at radius 2 is 2.05 bits per heavy atom. The van der Waals surface area contributed by atoms with Gasteiger partial charge in [-0.05, 0) is 30.5 Å². The van der Waals surface area contributed by atoms with Crippen molar-refractivity contribution in [3.05, 3.63) is 34.3 Å². The minimum absolute atomic E-state index is 0.352. The van der Waals surface area contributed by atoms with Crippen molar-refractivity contribution in [2.75, 3.05) is 26.2 Å². The quantitative estimate of drug-likeness (QED) is 0.900. The van der Waals surface area contributed by atoms with Gasteiger partial charge in [-0.1, -0.05) is 28.1 Å². The van der Waals surface area contributed by atoms with Crippen molar-refractivity contribution in [3.8, 4) is 0 Å². The fraction of sp³-hybridized carbons (Fsp3) is 0.600. The molecule has 1 saturated heterocycles. The summed E-state index contributed by atoms with van der Waals surface area (Å²) in [5, 5.41) is 3.50. The maximum Gasteiger partial charge on any atom is 0.0826 e. The minimum atomic E-state index is 0.352. The molecule has 0 amide bonds. The lowest BCUT2D eigenvalue weighted by Gasteiger charge is -2.33. The van der Waals surface area contributed by atoms with Crippen LogP contribution in [0.4, 0.5) is 0 Å². The zero-order valence-electron chi connectivity index (χ0n) is 11.1. The molecule has 1 heterocycles. The minimum Gasteiger partial charge on any atom is -0.374 e.